The number of nitrogens with zero attached hydrogens (tertiary/aromatic N) is 3. The Bertz CT molecular complexity index is 713. The van der Waals surface area contributed by atoms with Crippen LogP contribution >= 0.6 is 0 Å². The zero-order valence-corrected chi connectivity index (χ0v) is 16.5. The molecule has 1 N–H and O–H groups in total. The van der Waals surface area contributed by atoms with Gasteiger partial charge in [0.25, 0.3) is 5.91 Å². The van der Waals surface area contributed by atoms with Gasteiger partial charge in [0.15, 0.2) is 0 Å². The van der Waals surface area contributed by atoms with Gasteiger partial charge >= 0.3 is 0 Å². The molecule has 1 aromatic heterocycles. The van der Waals surface area contributed by atoms with Gasteiger partial charge in [0.1, 0.15) is 5.69 Å². The molecule has 2 heterocycles. The van der Waals surface area contributed by atoms with E-state index in [1.165, 1.54) is 0 Å². The van der Waals surface area contributed by atoms with E-state index >= 15 is 0 Å². The van der Waals surface area contributed by atoms with Gasteiger partial charge in [-0.25, -0.2) is 0 Å². The normalized spacial score (nSPS) is 16.8. The van der Waals surface area contributed by atoms with Crippen LogP contribution in [0.4, 0.5) is 0 Å². The second-order valence-electron chi connectivity index (χ2n) is 7.00. The Balaban J connectivity index is 1.65. The molecule has 0 radical (unpaired) electrons. The molecular formula is C21H30N4O3. The van der Waals surface area contributed by atoms with Gasteiger partial charge in [0.05, 0.1) is 25.9 Å². The van der Waals surface area contributed by atoms with E-state index < -0.39 is 0 Å². The Labute approximate surface area is 166 Å². The van der Waals surface area contributed by atoms with Crippen LogP contribution in [0.1, 0.15) is 34.9 Å². The van der Waals surface area contributed by atoms with Crippen LogP contribution in [0.15, 0.2) is 42.6 Å². The first-order chi connectivity index (χ1) is 13.8. The van der Waals surface area contributed by atoms with Crippen molar-refractivity contribution in [1.29, 1.82) is 0 Å². The summed E-state index contributed by atoms with van der Waals surface area (Å²) < 4.78 is 12.5. The summed E-state index contributed by atoms with van der Waals surface area (Å²) in [6, 6.07) is 12.1. The van der Waals surface area contributed by atoms with Crippen LogP contribution < -0.4 is 5.32 Å². The number of hydrogen-bond acceptors (Lipinski definition) is 5. The summed E-state index contributed by atoms with van der Waals surface area (Å²) in [6.45, 7) is 4.53. The number of rotatable bonds is 10. The molecule has 0 bridgehead atoms. The molecule has 0 aliphatic carbocycles. The number of nitrogens with one attached hydrogen (secondary N) is 1. The van der Waals surface area contributed by atoms with Gasteiger partial charge in [0, 0.05) is 32.9 Å². The molecular weight excluding hydrogens is 356 g/mol. The van der Waals surface area contributed by atoms with Crippen LogP contribution in [0.25, 0.3) is 0 Å². The van der Waals surface area contributed by atoms with Gasteiger partial charge in [-0.3, -0.25) is 9.48 Å². The highest BCUT2D eigenvalue weighted by Crippen LogP contribution is 2.17. The maximum Gasteiger partial charge on any atom is 0.274 e. The van der Waals surface area contributed by atoms with E-state index in [4.69, 9.17) is 9.47 Å². The minimum absolute atomic E-state index is 0.0679. The van der Waals surface area contributed by atoms with E-state index in [0.717, 1.165) is 31.5 Å². The second kappa shape index (κ2) is 10.9. The summed E-state index contributed by atoms with van der Waals surface area (Å²) in [5.41, 5.74) is 1.57. The monoisotopic (exact) mass is 386 g/mol. The lowest BCUT2D eigenvalue weighted by Crippen LogP contribution is -2.35. The lowest BCUT2D eigenvalue weighted by molar-refractivity contribution is 0.0473. The first kappa shape index (κ1) is 20.5. The molecule has 0 spiro atoms. The standard InChI is InChI=1S/C21H30N4O3/c1-27-14-15-28-13-12-24(17-18-6-3-2-4-7-18)21(26)20-9-11-25(23-20)19-8-5-10-22-16-19/h2-4,6-7,9,11,19,22H,5,8,10,12-17H2,1H3. The molecule has 3 rings (SSSR count). The highest BCUT2D eigenvalue weighted by molar-refractivity contribution is 5.92. The van der Waals surface area contributed by atoms with Crippen molar-refractivity contribution < 1.29 is 14.3 Å². The Morgan fingerprint density at radius 2 is 2.11 bits per heavy atom. The highest BCUT2D eigenvalue weighted by Gasteiger charge is 2.21. The fourth-order valence-electron chi connectivity index (χ4n) is 3.35. The van der Waals surface area contributed by atoms with Crippen molar-refractivity contribution in [3.8, 4) is 0 Å². The van der Waals surface area contributed by atoms with Crippen LogP contribution in [0.5, 0.6) is 0 Å². The fourth-order valence-corrected chi connectivity index (χ4v) is 3.35. The summed E-state index contributed by atoms with van der Waals surface area (Å²) in [5.74, 6) is -0.0679. The first-order valence-corrected chi connectivity index (χ1v) is 9.93. The second-order valence-corrected chi connectivity index (χ2v) is 7.00. The van der Waals surface area contributed by atoms with Crippen molar-refractivity contribution in [2.45, 2.75) is 25.4 Å². The van der Waals surface area contributed by atoms with Gasteiger partial charge in [-0.05, 0) is 31.0 Å². The zero-order valence-electron chi connectivity index (χ0n) is 16.5. The molecule has 28 heavy (non-hydrogen) atoms. The fraction of sp³-hybridized carbons (Fsp3) is 0.524. The number of aromatic nitrogens is 2. The molecule has 152 valence electrons. The number of carbonyl (C=O) groups excluding carboxylic acids is 1. The van der Waals surface area contributed by atoms with Crippen molar-refractivity contribution in [2.24, 2.45) is 0 Å². The summed E-state index contributed by atoms with van der Waals surface area (Å²) in [4.78, 5) is 14.9. The SMILES string of the molecule is COCCOCCN(Cc1ccccc1)C(=O)c1ccn(C2CCCNC2)n1. The number of piperidine rings is 1. The number of amides is 1. The van der Waals surface area contributed by atoms with Crippen molar-refractivity contribution in [3.63, 3.8) is 0 Å². The summed E-state index contributed by atoms with van der Waals surface area (Å²) in [5, 5.41) is 7.97. The highest BCUT2D eigenvalue weighted by atomic mass is 16.5. The quantitative estimate of drug-likeness (QED) is 0.634. The van der Waals surface area contributed by atoms with Crippen molar-refractivity contribution in [3.05, 3.63) is 53.9 Å². The minimum Gasteiger partial charge on any atom is -0.382 e. The lowest BCUT2D eigenvalue weighted by atomic mass is 10.1. The van der Waals surface area contributed by atoms with Crippen LogP contribution in [-0.2, 0) is 16.0 Å². The topological polar surface area (TPSA) is 68.6 Å². The minimum atomic E-state index is -0.0679. The van der Waals surface area contributed by atoms with E-state index in [9.17, 15) is 4.79 Å². The third kappa shape index (κ3) is 5.89. The van der Waals surface area contributed by atoms with Gasteiger partial charge in [0.2, 0.25) is 0 Å². The third-order valence-corrected chi connectivity index (χ3v) is 4.91. The van der Waals surface area contributed by atoms with Crippen molar-refractivity contribution >= 4 is 5.91 Å². The lowest BCUT2D eigenvalue weighted by Gasteiger charge is -2.23. The smallest absolute Gasteiger partial charge is 0.274 e. The molecule has 1 unspecified atom stereocenters. The average Bonchev–Trinajstić information content (AvgIpc) is 3.24. The molecule has 1 aliphatic rings. The molecule has 1 amide bonds. The Morgan fingerprint density at radius 1 is 1.25 bits per heavy atom. The predicted octanol–water partition coefficient (Wildman–Crippen LogP) is 2.11. The maximum atomic E-state index is 13.1. The number of ether oxygens (including phenoxy) is 2. The van der Waals surface area contributed by atoms with E-state index in [1.807, 2.05) is 47.3 Å². The third-order valence-electron chi connectivity index (χ3n) is 4.91. The van der Waals surface area contributed by atoms with Crippen LogP contribution in [0.3, 0.4) is 0 Å². The zero-order chi connectivity index (χ0) is 19.6. The predicted molar refractivity (Wildman–Crippen MR) is 107 cm³/mol. The number of hydrogen-bond donors (Lipinski definition) is 1. The molecule has 1 aromatic carbocycles. The average molecular weight is 386 g/mol. The summed E-state index contributed by atoms with van der Waals surface area (Å²) in [6.07, 6.45) is 4.14. The van der Waals surface area contributed by atoms with Crippen molar-refractivity contribution in [2.75, 3.05) is 46.6 Å². The molecule has 1 aliphatic heterocycles. The van der Waals surface area contributed by atoms with Gasteiger partial charge in [-0.2, -0.15) is 5.10 Å². The van der Waals surface area contributed by atoms with Gasteiger partial charge in [-0.1, -0.05) is 30.3 Å². The summed E-state index contributed by atoms with van der Waals surface area (Å²) in [7, 11) is 1.65. The van der Waals surface area contributed by atoms with E-state index in [2.05, 4.69) is 10.4 Å². The van der Waals surface area contributed by atoms with Crippen LogP contribution in [-0.4, -0.2) is 67.2 Å². The molecule has 0 saturated carbocycles. The number of carbonyl (C=O) groups is 1. The number of benzene rings is 1. The van der Waals surface area contributed by atoms with Crippen molar-refractivity contribution in [1.82, 2.24) is 20.0 Å². The van der Waals surface area contributed by atoms with Crippen LogP contribution in [0.2, 0.25) is 0 Å². The van der Waals surface area contributed by atoms with Gasteiger partial charge in [-0.15, -0.1) is 0 Å². The Hall–Kier alpha value is -2.22. The molecule has 1 fully saturated rings. The molecule has 7 heteroatoms. The van der Waals surface area contributed by atoms with E-state index in [-0.39, 0.29) is 5.91 Å². The Morgan fingerprint density at radius 3 is 2.86 bits per heavy atom. The molecule has 1 atom stereocenters. The van der Waals surface area contributed by atoms with E-state index in [0.29, 0.717) is 44.6 Å². The van der Waals surface area contributed by atoms with E-state index in [1.54, 1.807) is 12.0 Å². The van der Waals surface area contributed by atoms with Crippen LogP contribution in [0, 0.1) is 0 Å². The molecule has 7 nitrogen and oxygen atoms in total. The maximum absolute atomic E-state index is 13.1. The Kier molecular flexibility index (Phi) is 8.02. The number of methoxy groups -OCH3 is 1. The largest absolute Gasteiger partial charge is 0.382 e. The van der Waals surface area contributed by atoms with Gasteiger partial charge < -0.3 is 19.7 Å². The summed E-state index contributed by atoms with van der Waals surface area (Å²) >= 11 is 0. The molecule has 2 aromatic rings. The first-order valence-electron chi connectivity index (χ1n) is 9.93. The molecule has 1 saturated heterocycles.